The number of para-hydroxylation sites is 1. The molecular weight excluding hydrogens is 300 g/mol. The Bertz CT molecular complexity index is 555. The minimum atomic E-state index is 0.744. The number of hydrogen-bond donors (Lipinski definition) is 0. The van der Waals surface area contributed by atoms with Crippen molar-refractivity contribution in [3.63, 3.8) is 0 Å². The molecule has 1 aliphatic rings. The maximum atomic E-state index is 6.14. The van der Waals surface area contributed by atoms with Crippen molar-refractivity contribution < 1.29 is 4.74 Å². The molecule has 19 heavy (non-hydrogen) atoms. The van der Waals surface area contributed by atoms with E-state index >= 15 is 0 Å². The standard InChI is InChI=1S/C13H15ClN2OS2/c14-10-2-1-3-11-12(10)15-13(19-11)18-9-6-16-4-7-17-8-5-16/h1-3H,4-9H2. The van der Waals surface area contributed by atoms with Gasteiger partial charge in [0.15, 0.2) is 4.34 Å². The van der Waals surface area contributed by atoms with Crippen LogP contribution in [0.4, 0.5) is 0 Å². The second-order valence-electron chi connectivity index (χ2n) is 4.37. The van der Waals surface area contributed by atoms with Gasteiger partial charge < -0.3 is 4.74 Å². The van der Waals surface area contributed by atoms with E-state index in [4.69, 9.17) is 16.3 Å². The molecule has 0 aliphatic carbocycles. The monoisotopic (exact) mass is 314 g/mol. The Hall–Kier alpha value is -0.330. The number of fused-ring (bicyclic) bond motifs is 1. The zero-order valence-corrected chi connectivity index (χ0v) is 12.9. The number of nitrogens with zero attached hydrogens (tertiary/aromatic N) is 2. The van der Waals surface area contributed by atoms with Gasteiger partial charge in [-0.2, -0.15) is 0 Å². The van der Waals surface area contributed by atoms with Crippen molar-refractivity contribution in [3.05, 3.63) is 23.2 Å². The van der Waals surface area contributed by atoms with Crippen LogP contribution >= 0.6 is 34.7 Å². The van der Waals surface area contributed by atoms with Crippen LogP contribution in [0.3, 0.4) is 0 Å². The molecule has 6 heteroatoms. The molecule has 0 unspecified atom stereocenters. The zero-order valence-electron chi connectivity index (χ0n) is 10.5. The molecule has 3 rings (SSSR count). The number of benzene rings is 1. The van der Waals surface area contributed by atoms with Gasteiger partial charge in [0.25, 0.3) is 0 Å². The Balaban J connectivity index is 1.57. The Labute approximate surface area is 125 Å². The van der Waals surface area contributed by atoms with Gasteiger partial charge in [0.2, 0.25) is 0 Å². The molecule has 0 spiro atoms. The van der Waals surface area contributed by atoms with Crippen LogP contribution in [0.15, 0.2) is 22.5 Å². The van der Waals surface area contributed by atoms with E-state index in [1.807, 2.05) is 23.9 Å². The molecule has 0 N–H and O–H groups in total. The van der Waals surface area contributed by atoms with Gasteiger partial charge in [-0.3, -0.25) is 4.90 Å². The first-order chi connectivity index (χ1) is 9.33. The van der Waals surface area contributed by atoms with Crippen molar-refractivity contribution in [1.82, 2.24) is 9.88 Å². The molecule has 0 amide bonds. The van der Waals surface area contributed by atoms with Crippen LogP contribution in [-0.2, 0) is 4.74 Å². The summed E-state index contributed by atoms with van der Waals surface area (Å²) in [5.74, 6) is 1.07. The Kier molecular flexibility index (Phi) is 4.61. The van der Waals surface area contributed by atoms with Crippen molar-refractivity contribution in [2.24, 2.45) is 0 Å². The third-order valence-electron chi connectivity index (χ3n) is 3.09. The number of thiazole rings is 1. The number of thioether (sulfide) groups is 1. The van der Waals surface area contributed by atoms with Gasteiger partial charge in [0, 0.05) is 25.4 Å². The van der Waals surface area contributed by atoms with Crippen LogP contribution in [0.1, 0.15) is 0 Å². The lowest BCUT2D eigenvalue weighted by Gasteiger charge is -2.26. The molecule has 0 atom stereocenters. The first-order valence-corrected chi connectivity index (χ1v) is 8.49. The van der Waals surface area contributed by atoms with Crippen molar-refractivity contribution in [1.29, 1.82) is 0 Å². The van der Waals surface area contributed by atoms with Gasteiger partial charge in [-0.05, 0) is 12.1 Å². The number of halogens is 1. The summed E-state index contributed by atoms with van der Waals surface area (Å²) < 4.78 is 7.62. The highest BCUT2D eigenvalue weighted by Gasteiger charge is 2.11. The number of ether oxygens (including phenoxy) is 1. The molecular formula is C13H15ClN2OS2. The molecule has 0 radical (unpaired) electrons. The SMILES string of the molecule is Clc1cccc2sc(SCCN3CCOCC3)nc12. The summed E-state index contributed by atoms with van der Waals surface area (Å²) in [5, 5.41) is 0.744. The molecule has 1 aromatic carbocycles. The van der Waals surface area contributed by atoms with E-state index in [-0.39, 0.29) is 0 Å². The van der Waals surface area contributed by atoms with Gasteiger partial charge >= 0.3 is 0 Å². The molecule has 0 saturated carbocycles. The van der Waals surface area contributed by atoms with Gasteiger partial charge in [-0.1, -0.05) is 29.4 Å². The van der Waals surface area contributed by atoms with Crippen LogP contribution in [0.2, 0.25) is 5.02 Å². The van der Waals surface area contributed by atoms with E-state index in [0.717, 1.165) is 53.5 Å². The van der Waals surface area contributed by atoms with Crippen LogP contribution in [0.25, 0.3) is 10.2 Å². The largest absolute Gasteiger partial charge is 0.379 e. The minimum Gasteiger partial charge on any atom is -0.379 e. The predicted molar refractivity (Wildman–Crippen MR) is 82.6 cm³/mol. The summed E-state index contributed by atoms with van der Waals surface area (Å²) in [6, 6.07) is 5.95. The topological polar surface area (TPSA) is 25.4 Å². The lowest BCUT2D eigenvalue weighted by molar-refractivity contribution is 0.0410. The predicted octanol–water partition coefficient (Wildman–Crippen LogP) is 3.37. The minimum absolute atomic E-state index is 0.744. The van der Waals surface area contributed by atoms with Crippen LogP contribution in [0.5, 0.6) is 0 Å². The third-order valence-corrected chi connectivity index (χ3v) is 5.54. The second kappa shape index (κ2) is 6.41. The maximum absolute atomic E-state index is 6.14. The van der Waals surface area contributed by atoms with Crippen molar-refractivity contribution >= 4 is 44.9 Å². The normalized spacial score (nSPS) is 17.1. The summed E-state index contributed by atoms with van der Waals surface area (Å²) in [5.41, 5.74) is 0.933. The van der Waals surface area contributed by atoms with Crippen molar-refractivity contribution in [2.45, 2.75) is 4.34 Å². The number of morpholine rings is 1. The average molecular weight is 315 g/mol. The number of rotatable bonds is 4. The molecule has 1 saturated heterocycles. The highest BCUT2D eigenvalue weighted by Crippen LogP contribution is 2.32. The smallest absolute Gasteiger partial charge is 0.151 e. The summed E-state index contributed by atoms with van der Waals surface area (Å²) in [6.45, 7) is 4.92. The first-order valence-electron chi connectivity index (χ1n) is 6.31. The Morgan fingerprint density at radius 2 is 2.21 bits per heavy atom. The second-order valence-corrected chi connectivity index (χ2v) is 7.15. The summed E-state index contributed by atoms with van der Waals surface area (Å²) in [6.07, 6.45) is 0. The molecule has 1 fully saturated rings. The lowest BCUT2D eigenvalue weighted by atomic mass is 10.3. The highest BCUT2D eigenvalue weighted by molar-refractivity contribution is 8.01. The van der Waals surface area contributed by atoms with Crippen LogP contribution < -0.4 is 0 Å². The summed E-state index contributed by atoms with van der Waals surface area (Å²) >= 11 is 9.68. The van der Waals surface area contributed by atoms with E-state index in [1.165, 1.54) is 4.70 Å². The summed E-state index contributed by atoms with van der Waals surface area (Å²) in [7, 11) is 0. The molecule has 0 bridgehead atoms. The van der Waals surface area contributed by atoms with Crippen LogP contribution in [-0.4, -0.2) is 48.5 Å². The first kappa shape index (κ1) is 13.6. The fraction of sp³-hybridized carbons (Fsp3) is 0.462. The Morgan fingerprint density at radius 1 is 1.37 bits per heavy atom. The van der Waals surface area contributed by atoms with E-state index < -0.39 is 0 Å². The zero-order chi connectivity index (χ0) is 13.1. The van der Waals surface area contributed by atoms with E-state index in [1.54, 1.807) is 11.3 Å². The van der Waals surface area contributed by atoms with E-state index in [9.17, 15) is 0 Å². The van der Waals surface area contributed by atoms with Crippen molar-refractivity contribution in [3.8, 4) is 0 Å². The van der Waals surface area contributed by atoms with E-state index in [2.05, 4.69) is 16.0 Å². The molecule has 102 valence electrons. The Morgan fingerprint density at radius 3 is 3.00 bits per heavy atom. The number of hydrogen-bond acceptors (Lipinski definition) is 5. The van der Waals surface area contributed by atoms with Crippen LogP contribution in [0, 0.1) is 0 Å². The summed E-state index contributed by atoms with van der Waals surface area (Å²) in [4.78, 5) is 7.04. The fourth-order valence-corrected chi connectivity index (χ4v) is 4.47. The quantitative estimate of drug-likeness (QED) is 0.808. The molecule has 2 aromatic rings. The molecule has 3 nitrogen and oxygen atoms in total. The third kappa shape index (κ3) is 3.41. The molecule has 1 aromatic heterocycles. The van der Waals surface area contributed by atoms with Gasteiger partial charge in [-0.25, -0.2) is 4.98 Å². The number of aromatic nitrogens is 1. The molecule has 2 heterocycles. The van der Waals surface area contributed by atoms with Crippen molar-refractivity contribution in [2.75, 3.05) is 38.6 Å². The fourth-order valence-electron chi connectivity index (χ4n) is 2.04. The van der Waals surface area contributed by atoms with Gasteiger partial charge in [0.05, 0.1) is 22.9 Å². The maximum Gasteiger partial charge on any atom is 0.151 e. The highest BCUT2D eigenvalue weighted by atomic mass is 35.5. The van der Waals surface area contributed by atoms with E-state index in [0.29, 0.717) is 0 Å². The molecule has 1 aliphatic heterocycles. The van der Waals surface area contributed by atoms with Gasteiger partial charge in [-0.15, -0.1) is 11.3 Å². The van der Waals surface area contributed by atoms with Gasteiger partial charge in [0.1, 0.15) is 5.52 Å². The average Bonchev–Trinajstić information content (AvgIpc) is 2.84. The lowest BCUT2D eigenvalue weighted by Crippen LogP contribution is -2.37.